The Morgan fingerprint density at radius 1 is 1.21 bits per heavy atom. The van der Waals surface area contributed by atoms with Crippen molar-refractivity contribution in [2.75, 3.05) is 12.3 Å². The van der Waals surface area contributed by atoms with E-state index in [1.165, 1.54) is 20.2 Å². The number of hydrogen-bond donors (Lipinski definition) is 3. The Hall–Kier alpha value is -3.78. The summed E-state index contributed by atoms with van der Waals surface area (Å²) in [5.41, 5.74) is 8.03. The molecule has 5 rings (SSSR count). The maximum atomic E-state index is 8.98. The van der Waals surface area contributed by atoms with Crippen molar-refractivity contribution in [3.05, 3.63) is 54.6 Å². The molecule has 0 aliphatic carbocycles. The van der Waals surface area contributed by atoms with Gasteiger partial charge in [-0.05, 0) is 51.0 Å². The van der Waals surface area contributed by atoms with Gasteiger partial charge in [0.15, 0.2) is 5.79 Å². The quantitative estimate of drug-likeness (QED) is 0.389. The lowest BCUT2D eigenvalue weighted by molar-refractivity contribution is -0.127. The number of ether oxygens (including phenoxy) is 2. The number of hydrogen-bond acceptors (Lipinski definition) is 9. The van der Waals surface area contributed by atoms with Gasteiger partial charge in [0.1, 0.15) is 42.4 Å². The SMILES string of the molecule is CC(C)(O)O.N#Cc1cnc2cc(OCC3CCC(n4ccc5c(N)ncnc54)O3)ccc2c1. The van der Waals surface area contributed by atoms with E-state index in [4.69, 9.17) is 30.7 Å². The minimum absolute atomic E-state index is 0.0127. The summed E-state index contributed by atoms with van der Waals surface area (Å²) in [6.45, 7) is 3.05. The zero-order chi connectivity index (χ0) is 24.3. The highest BCUT2D eigenvalue weighted by Gasteiger charge is 2.28. The lowest BCUT2D eigenvalue weighted by Gasteiger charge is -2.16. The normalized spacial score (nSPS) is 17.9. The van der Waals surface area contributed by atoms with Gasteiger partial charge in [-0.2, -0.15) is 5.26 Å². The molecule has 1 aliphatic heterocycles. The molecule has 0 saturated carbocycles. The molecule has 1 aromatic carbocycles. The number of pyridine rings is 1. The molecule has 4 heterocycles. The van der Waals surface area contributed by atoms with Crippen LogP contribution in [0.15, 0.2) is 49.1 Å². The van der Waals surface area contributed by atoms with Gasteiger partial charge in [0.05, 0.1) is 22.6 Å². The minimum atomic E-state index is -1.50. The summed E-state index contributed by atoms with van der Waals surface area (Å²) in [5.74, 6) is -0.299. The van der Waals surface area contributed by atoms with Crippen molar-refractivity contribution in [1.29, 1.82) is 5.26 Å². The summed E-state index contributed by atoms with van der Waals surface area (Å²) in [4.78, 5) is 12.7. The third-order valence-electron chi connectivity index (χ3n) is 5.16. The number of nitrogens with zero attached hydrogens (tertiary/aromatic N) is 5. The van der Waals surface area contributed by atoms with Crippen molar-refractivity contribution in [1.82, 2.24) is 19.5 Å². The summed E-state index contributed by atoms with van der Waals surface area (Å²) >= 11 is 0. The number of aliphatic hydroxyl groups is 2. The number of nitriles is 1. The number of nitrogen functional groups attached to an aromatic ring is 1. The minimum Gasteiger partial charge on any atom is -0.491 e. The molecule has 0 radical (unpaired) electrons. The standard InChI is InChI=1S/C21H18N6O2.C3H8O2/c22-9-13-7-14-1-2-15(8-18(14)24-10-13)28-11-16-3-4-19(29-16)27-6-5-17-20(23)25-12-26-21(17)27;1-3(2,4)5/h1-2,5-8,10,12,16,19H,3-4,11H2,(H2,23,25,26);4-5H,1-2H3. The van der Waals surface area contributed by atoms with Crippen LogP contribution in [0.3, 0.4) is 0 Å². The predicted molar refractivity (Wildman–Crippen MR) is 126 cm³/mol. The van der Waals surface area contributed by atoms with Gasteiger partial charge < -0.3 is 30.0 Å². The fourth-order valence-electron chi connectivity index (χ4n) is 3.68. The van der Waals surface area contributed by atoms with Crippen molar-refractivity contribution >= 4 is 27.8 Å². The van der Waals surface area contributed by atoms with Crippen molar-refractivity contribution in [2.45, 2.75) is 44.8 Å². The average Bonchev–Trinajstić information content (AvgIpc) is 3.43. The Morgan fingerprint density at radius 2 is 2.00 bits per heavy atom. The molecule has 4 aromatic rings. The first-order valence-electron chi connectivity index (χ1n) is 10.8. The summed E-state index contributed by atoms with van der Waals surface area (Å²) in [6.07, 6.45) is 6.62. The van der Waals surface area contributed by atoms with Crippen LogP contribution in [-0.4, -0.2) is 48.2 Å². The molecule has 1 saturated heterocycles. The van der Waals surface area contributed by atoms with Crippen LogP contribution in [0.25, 0.3) is 21.9 Å². The Morgan fingerprint density at radius 3 is 2.76 bits per heavy atom. The number of fused-ring (bicyclic) bond motifs is 2. The van der Waals surface area contributed by atoms with Gasteiger partial charge in [-0.25, -0.2) is 9.97 Å². The molecule has 2 atom stereocenters. The first kappa shape index (κ1) is 23.4. The highest BCUT2D eigenvalue weighted by atomic mass is 16.6. The first-order chi connectivity index (χ1) is 16.2. The lowest BCUT2D eigenvalue weighted by atomic mass is 10.1. The smallest absolute Gasteiger partial charge is 0.156 e. The molecule has 0 spiro atoms. The van der Waals surface area contributed by atoms with Crippen LogP contribution in [0.4, 0.5) is 5.82 Å². The van der Waals surface area contributed by atoms with Gasteiger partial charge in [0, 0.05) is 23.8 Å². The van der Waals surface area contributed by atoms with Crippen LogP contribution in [0.2, 0.25) is 0 Å². The van der Waals surface area contributed by atoms with E-state index in [1.54, 1.807) is 6.20 Å². The molecular weight excluding hydrogens is 436 g/mol. The second-order valence-corrected chi connectivity index (χ2v) is 8.51. The van der Waals surface area contributed by atoms with E-state index in [-0.39, 0.29) is 12.3 Å². The molecule has 1 aliphatic rings. The van der Waals surface area contributed by atoms with Gasteiger partial charge in [-0.15, -0.1) is 0 Å². The molecule has 1 fully saturated rings. The van der Waals surface area contributed by atoms with E-state index in [1.807, 2.05) is 41.1 Å². The zero-order valence-electron chi connectivity index (χ0n) is 18.9. The maximum Gasteiger partial charge on any atom is 0.156 e. The van der Waals surface area contributed by atoms with Crippen molar-refractivity contribution < 1.29 is 19.7 Å². The number of benzene rings is 1. The van der Waals surface area contributed by atoms with Crippen molar-refractivity contribution in [3.8, 4) is 11.8 Å². The van der Waals surface area contributed by atoms with E-state index in [0.717, 1.165) is 40.5 Å². The molecule has 2 unspecified atom stereocenters. The second kappa shape index (κ2) is 9.61. The van der Waals surface area contributed by atoms with Crippen LogP contribution in [0.1, 0.15) is 38.5 Å². The second-order valence-electron chi connectivity index (χ2n) is 8.51. The fraction of sp³-hybridized carbons (Fsp3) is 0.333. The zero-order valence-corrected chi connectivity index (χ0v) is 18.9. The number of nitrogens with two attached hydrogens (primary N) is 1. The maximum absolute atomic E-state index is 8.98. The van der Waals surface area contributed by atoms with Crippen molar-refractivity contribution in [2.24, 2.45) is 0 Å². The molecule has 34 heavy (non-hydrogen) atoms. The topological polar surface area (TPSA) is 152 Å². The highest BCUT2D eigenvalue weighted by molar-refractivity contribution is 5.86. The van der Waals surface area contributed by atoms with Gasteiger partial charge in [0.2, 0.25) is 0 Å². The Kier molecular flexibility index (Phi) is 6.61. The van der Waals surface area contributed by atoms with Crippen LogP contribution < -0.4 is 10.5 Å². The molecule has 0 bridgehead atoms. The van der Waals surface area contributed by atoms with E-state index in [2.05, 4.69) is 21.0 Å². The monoisotopic (exact) mass is 462 g/mol. The number of rotatable bonds is 4. The molecule has 10 nitrogen and oxygen atoms in total. The Balaban J connectivity index is 0.000000499. The van der Waals surface area contributed by atoms with Gasteiger partial charge in [-0.1, -0.05) is 0 Å². The largest absolute Gasteiger partial charge is 0.491 e. The van der Waals surface area contributed by atoms with E-state index in [9.17, 15) is 0 Å². The predicted octanol–water partition coefficient (Wildman–Crippen LogP) is 2.90. The molecular formula is C24H26N6O4. The van der Waals surface area contributed by atoms with Crippen molar-refractivity contribution in [3.63, 3.8) is 0 Å². The molecule has 0 amide bonds. The Bertz CT molecular complexity index is 1340. The van der Waals surface area contributed by atoms with Gasteiger partial charge >= 0.3 is 0 Å². The summed E-state index contributed by atoms with van der Waals surface area (Å²) in [6, 6.07) is 11.5. The summed E-state index contributed by atoms with van der Waals surface area (Å²) < 4.78 is 14.1. The fourth-order valence-corrected chi connectivity index (χ4v) is 3.68. The lowest BCUT2D eigenvalue weighted by Crippen LogP contribution is -2.18. The highest BCUT2D eigenvalue weighted by Crippen LogP contribution is 2.32. The summed E-state index contributed by atoms with van der Waals surface area (Å²) in [5, 5.41) is 26.9. The molecule has 176 valence electrons. The van der Waals surface area contributed by atoms with E-state index >= 15 is 0 Å². The number of anilines is 1. The van der Waals surface area contributed by atoms with Crippen LogP contribution in [0.5, 0.6) is 5.75 Å². The average molecular weight is 463 g/mol. The molecule has 3 aromatic heterocycles. The molecule has 4 N–H and O–H groups in total. The third-order valence-corrected chi connectivity index (χ3v) is 5.16. The summed E-state index contributed by atoms with van der Waals surface area (Å²) in [7, 11) is 0. The van der Waals surface area contributed by atoms with Gasteiger partial charge in [-0.3, -0.25) is 4.98 Å². The van der Waals surface area contributed by atoms with Crippen LogP contribution in [0, 0.1) is 11.3 Å². The van der Waals surface area contributed by atoms with Crippen LogP contribution >= 0.6 is 0 Å². The van der Waals surface area contributed by atoms with Gasteiger partial charge in [0.25, 0.3) is 0 Å². The number of aromatic nitrogens is 4. The van der Waals surface area contributed by atoms with E-state index in [0.29, 0.717) is 18.0 Å². The Labute approximate surface area is 196 Å². The first-order valence-corrected chi connectivity index (χ1v) is 10.8. The van der Waals surface area contributed by atoms with Crippen LogP contribution in [-0.2, 0) is 4.74 Å². The van der Waals surface area contributed by atoms with E-state index < -0.39 is 5.79 Å². The third kappa shape index (κ3) is 5.58. The molecule has 10 heteroatoms.